The summed E-state index contributed by atoms with van der Waals surface area (Å²) in [6.07, 6.45) is 29.7. The van der Waals surface area contributed by atoms with Gasteiger partial charge in [-0.25, -0.2) is 9.13 Å². The Morgan fingerprint density at radius 1 is 0.350 bits per heavy atom. The van der Waals surface area contributed by atoms with Gasteiger partial charge < -0.3 is 33.8 Å². The smallest absolute Gasteiger partial charge is 0.462 e. The van der Waals surface area contributed by atoms with Crippen LogP contribution < -0.4 is 0 Å². The van der Waals surface area contributed by atoms with Crippen molar-refractivity contribution in [1.29, 1.82) is 0 Å². The molecule has 0 spiro atoms. The van der Waals surface area contributed by atoms with Crippen molar-refractivity contribution in [1.82, 2.24) is 0 Å². The Hall–Kier alpha value is -1.94. The molecule has 17 nitrogen and oxygen atoms in total. The van der Waals surface area contributed by atoms with Gasteiger partial charge in [-0.1, -0.05) is 235 Å². The molecule has 6 atom stereocenters. The first-order valence-corrected chi connectivity index (χ1v) is 34.7. The van der Waals surface area contributed by atoms with E-state index in [0.29, 0.717) is 37.5 Å². The molecule has 0 aromatic heterocycles. The van der Waals surface area contributed by atoms with Crippen molar-refractivity contribution in [3.8, 4) is 0 Å². The largest absolute Gasteiger partial charge is 0.472 e. The van der Waals surface area contributed by atoms with Gasteiger partial charge >= 0.3 is 39.5 Å². The van der Waals surface area contributed by atoms with E-state index in [1.54, 1.807) is 0 Å². The first-order valence-electron chi connectivity index (χ1n) is 31.7. The Morgan fingerprint density at radius 2 is 0.600 bits per heavy atom. The minimum absolute atomic E-state index is 0.100. The lowest BCUT2D eigenvalue weighted by molar-refractivity contribution is -0.161. The van der Waals surface area contributed by atoms with E-state index in [-0.39, 0.29) is 25.7 Å². The highest BCUT2D eigenvalue weighted by Gasteiger charge is 2.30. The molecule has 0 bridgehead atoms. The van der Waals surface area contributed by atoms with Gasteiger partial charge in [-0.2, -0.15) is 0 Å². The maximum absolute atomic E-state index is 12.9. The van der Waals surface area contributed by atoms with E-state index in [0.717, 1.165) is 108 Å². The first-order chi connectivity index (χ1) is 38.1. The molecule has 0 saturated heterocycles. The molecule has 0 aliphatic carbocycles. The third-order valence-corrected chi connectivity index (χ3v) is 16.1. The number of phosphoric acid groups is 2. The zero-order valence-electron chi connectivity index (χ0n) is 51.7. The van der Waals surface area contributed by atoms with Crippen LogP contribution in [0.3, 0.4) is 0 Å². The van der Waals surface area contributed by atoms with Crippen LogP contribution in [0.25, 0.3) is 0 Å². The van der Waals surface area contributed by atoms with Gasteiger partial charge in [0.15, 0.2) is 12.2 Å². The van der Waals surface area contributed by atoms with Crippen LogP contribution in [0.15, 0.2) is 0 Å². The van der Waals surface area contributed by atoms with Gasteiger partial charge in [0.2, 0.25) is 0 Å². The molecule has 80 heavy (non-hydrogen) atoms. The Morgan fingerprint density at radius 3 is 0.887 bits per heavy atom. The number of esters is 4. The number of carbonyl (C=O) groups excluding carboxylic acids is 4. The summed E-state index contributed by atoms with van der Waals surface area (Å²) in [5.41, 5.74) is 0. The third-order valence-electron chi connectivity index (χ3n) is 14.2. The predicted molar refractivity (Wildman–Crippen MR) is 317 cm³/mol. The summed E-state index contributed by atoms with van der Waals surface area (Å²) in [6.45, 7) is 13.8. The fraction of sp³-hybridized carbons (Fsp3) is 0.934. The van der Waals surface area contributed by atoms with Crippen molar-refractivity contribution < 1.29 is 80.2 Å². The van der Waals surface area contributed by atoms with Gasteiger partial charge in [0.25, 0.3) is 0 Å². The van der Waals surface area contributed by atoms with Gasteiger partial charge in [0.1, 0.15) is 19.3 Å². The van der Waals surface area contributed by atoms with Crippen LogP contribution in [0.5, 0.6) is 0 Å². The van der Waals surface area contributed by atoms with Crippen LogP contribution >= 0.6 is 15.6 Å². The summed E-state index contributed by atoms with van der Waals surface area (Å²) in [7, 11) is -9.88. The second kappa shape index (κ2) is 51.5. The molecule has 0 aliphatic heterocycles. The molecule has 0 aliphatic rings. The Kier molecular flexibility index (Phi) is 50.2. The molecule has 3 N–H and O–H groups in total. The quantitative estimate of drug-likeness (QED) is 0.0222. The van der Waals surface area contributed by atoms with E-state index >= 15 is 0 Å². The minimum atomic E-state index is -4.94. The SMILES string of the molecule is CCC(C)CCCCCCCCC(=O)O[C@H](COC(=O)CCCCCCCCCCCC(C)C)COP(=O)(O)OC[C@@H](O)COP(=O)(O)OC[C@@H](COC(=O)CCCCCCCCC(C)C)OC(=O)CCCCCCCCC(C)C. The highest BCUT2D eigenvalue weighted by Crippen LogP contribution is 2.45. The Balaban J connectivity index is 5.24. The number of phosphoric ester groups is 2. The molecule has 0 heterocycles. The number of rotatable bonds is 58. The standard InChI is InChI=1S/C61H118O17P2/c1-9-54(8)40-32-24-17-20-28-36-44-61(66)78-56(47-71-58(63)41-33-25-14-12-10-11-13-21-29-37-51(2)3)49-75-79(67,68)73-45-55(62)46-74-80(69,70)76-50-57(77-60(65)43-35-27-19-16-23-31-39-53(6)7)48-72-59(64)42-34-26-18-15-22-30-38-52(4)5/h51-57,62H,9-50H2,1-8H3,(H,67,68)(H,69,70)/t54?,55-,56-,57-/m1/s1. The van der Waals surface area contributed by atoms with E-state index in [4.69, 9.17) is 37.0 Å². The average molecular weight is 1190 g/mol. The predicted octanol–water partition coefficient (Wildman–Crippen LogP) is 16.2. The summed E-state index contributed by atoms with van der Waals surface area (Å²) < 4.78 is 67.8. The molecule has 0 saturated carbocycles. The van der Waals surface area contributed by atoms with E-state index in [1.807, 2.05) is 0 Å². The van der Waals surface area contributed by atoms with Gasteiger partial charge in [0.05, 0.1) is 26.4 Å². The van der Waals surface area contributed by atoms with Crippen LogP contribution in [0.2, 0.25) is 0 Å². The second-order valence-electron chi connectivity index (χ2n) is 23.8. The van der Waals surface area contributed by atoms with Gasteiger partial charge in [-0.3, -0.25) is 37.3 Å². The summed E-state index contributed by atoms with van der Waals surface area (Å²) in [6, 6.07) is 0. The molecule has 0 radical (unpaired) electrons. The zero-order valence-corrected chi connectivity index (χ0v) is 53.5. The van der Waals surface area contributed by atoms with Crippen molar-refractivity contribution in [3.63, 3.8) is 0 Å². The second-order valence-corrected chi connectivity index (χ2v) is 26.7. The molecule has 474 valence electrons. The summed E-state index contributed by atoms with van der Waals surface area (Å²) in [5.74, 6) is 0.662. The zero-order chi connectivity index (χ0) is 59.7. The van der Waals surface area contributed by atoms with Crippen molar-refractivity contribution in [2.75, 3.05) is 39.6 Å². The van der Waals surface area contributed by atoms with E-state index in [9.17, 15) is 43.2 Å². The van der Waals surface area contributed by atoms with Crippen LogP contribution in [0, 0.1) is 23.7 Å². The molecule has 0 amide bonds. The lowest BCUT2D eigenvalue weighted by Crippen LogP contribution is -2.30. The first kappa shape index (κ1) is 78.1. The van der Waals surface area contributed by atoms with Crippen LogP contribution in [0.1, 0.15) is 287 Å². The Bertz CT molecular complexity index is 1610. The maximum Gasteiger partial charge on any atom is 0.472 e. The third kappa shape index (κ3) is 54.0. The Labute approximate surface area is 486 Å². The number of ether oxygens (including phenoxy) is 4. The van der Waals surface area contributed by atoms with Crippen molar-refractivity contribution >= 4 is 39.5 Å². The van der Waals surface area contributed by atoms with E-state index in [1.165, 1.54) is 83.5 Å². The normalized spacial score (nSPS) is 14.9. The fourth-order valence-electron chi connectivity index (χ4n) is 8.87. The molecule has 0 aromatic rings. The lowest BCUT2D eigenvalue weighted by Gasteiger charge is -2.21. The lowest BCUT2D eigenvalue weighted by atomic mass is 10.00. The van der Waals surface area contributed by atoms with Gasteiger partial charge in [-0.05, 0) is 49.4 Å². The van der Waals surface area contributed by atoms with E-state index in [2.05, 4.69) is 55.4 Å². The van der Waals surface area contributed by atoms with Crippen LogP contribution in [-0.4, -0.2) is 96.7 Å². The topological polar surface area (TPSA) is 237 Å². The van der Waals surface area contributed by atoms with Gasteiger partial charge in [-0.15, -0.1) is 0 Å². The molecule has 0 aromatic carbocycles. The minimum Gasteiger partial charge on any atom is -0.462 e. The number of hydrogen-bond donors (Lipinski definition) is 3. The van der Waals surface area contributed by atoms with Crippen LogP contribution in [0.4, 0.5) is 0 Å². The highest BCUT2D eigenvalue weighted by molar-refractivity contribution is 7.47. The average Bonchev–Trinajstić information content (AvgIpc) is 3.40. The van der Waals surface area contributed by atoms with Gasteiger partial charge in [0, 0.05) is 25.7 Å². The molecular weight excluding hydrogens is 1070 g/mol. The molecule has 19 heteroatoms. The molecule has 0 rings (SSSR count). The number of carbonyl (C=O) groups is 4. The van der Waals surface area contributed by atoms with Crippen molar-refractivity contribution in [3.05, 3.63) is 0 Å². The van der Waals surface area contributed by atoms with E-state index < -0.39 is 97.5 Å². The molecule has 0 fully saturated rings. The van der Waals surface area contributed by atoms with Crippen molar-refractivity contribution in [2.24, 2.45) is 23.7 Å². The number of hydrogen-bond acceptors (Lipinski definition) is 15. The maximum atomic E-state index is 12.9. The number of aliphatic hydroxyl groups excluding tert-OH is 1. The number of aliphatic hydroxyl groups is 1. The fourth-order valence-corrected chi connectivity index (χ4v) is 10.4. The molecular formula is C61H118O17P2. The highest BCUT2D eigenvalue weighted by atomic mass is 31.2. The van der Waals surface area contributed by atoms with Crippen molar-refractivity contribution in [2.45, 2.75) is 305 Å². The van der Waals surface area contributed by atoms with Crippen LogP contribution in [-0.2, 0) is 65.4 Å². The monoisotopic (exact) mass is 1180 g/mol. The summed E-state index contributed by atoms with van der Waals surface area (Å²) in [4.78, 5) is 72.0. The summed E-state index contributed by atoms with van der Waals surface area (Å²) >= 11 is 0. The molecule has 3 unspecified atom stereocenters. The summed E-state index contributed by atoms with van der Waals surface area (Å²) in [5, 5.41) is 10.5. The number of unbranched alkanes of at least 4 members (excludes halogenated alkanes) is 23.